The van der Waals surface area contributed by atoms with Crippen molar-refractivity contribution in [3.05, 3.63) is 30.1 Å². The predicted octanol–water partition coefficient (Wildman–Crippen LogP) is 1.10. The van der Waals surface area contributed by atoms with Crippen molar-refractivity contribution in [3.8, 4) is 0 Å². The number of carbonyl (C=O) groups is 1. The second-order valence-electron chi connectivity index (χ2n) is 4.09. The molecule has 0 aliphatic rings. The second-order valence-corrected chi connectivity index (χ2v) is 4.09. The molecule has 2 N–H and O–H groups in total. The molecule has 0 fully saturated rings. The van der Waals surface area contributed by atoms with Gasteiger partial charge in [0, 0.05) is 13.0 Å². The van der Waals surface area contributed by atoms with Gasteiger partial charge in [-0.1, -0.05) is 12.1 Å². The molecule has 0 spiro atoms. The highest BCUT2D eigenvalue weighted by molar-refractivity contribution is 5.77. The number of aromatic nitrogens is 2. The van der Waals surface area contributed by atoms with E-state index in [9.17, 15) is 4.79 Å². The molecule has 96 valence electrons. The SMILES string of the molecule is CCn1c(CC(N)C(=O)OC)nc2ccccc21. The number of ether oxygens (including phenoxy) is 1. The largest absolute Gasteiger partial charge is 0.468 e. The average Bonchev–Trinajstić information content (AvgIpc) is 2.74. The maximum Gasteiger partial charge on any atom is 0.323 e. The Labute approximate surface area is 106 Å². The van der Waals surface area contributed by atoms with Gasteiger partial charge < -0.3 is 15.0 Å². The molecule has 0 bridgehead atoms. The highest BCUT2D eigenvalue weighted by Crippen LogP contribution is 2.16. The van der Waals surface area contributed by atoms with Crippen LogP contribution in [0, 0.1) is 0 Å². The van der Waals surface area contributed by atoms with Crippen molar-refractivity contribution in [2.24, 2.45) is 5.73 Å². The van der Waals surface area contributed by atoms with Gasteiger partial charge in [0.25, 0.3) is 0 Å². The Morgan fingerprint density at radius 1 is 1.50 bits per heavy atom. The number of aryl methyl sites for hydroxylation is 1. The first kappa shape index (κ1) is 12.6. The molecule has 5 heteroatoms. The maximum absolute atomic E-state index is 11.3. The van der Waals surface area contributed by atoms with E-state index in [4.69, 9.17) is 5.73 Å². The lowest BCUT2D eigenvalue weighted by Crippen LogP contribution is -2.34. The molecule has 2 rings (SSSR count). The van der Waals surface area contributed by atoms with E-state index in [1.165, 1.54) is 7.11 Å². The fourth-order valence-electron chi connectivity index (χ4n) is 2.07. The van der Waals surface area contributed by atoms with Gasteiger partial charge in [-0.3, -0.25) is 4.79 Å². The van der Waals surface area contributed by atoms with Crippen LogP contribution in [0.15, 0.2) is 24.3 Å². The lowest BCUT2D eigenvalue weighted by molar-refractivity contribution is -0.142. The van der Waals surface area contributed by atoms with E-state index < -0.39 is 12.0 Å². The molecule has 5 nitrogen and oxygen atoms in total. The molecule has 1 unspecified atom stereocenters. The molecule has 1 atom stereocenters. The van der Waals surface area contributed by atoms with Gasteiger partial charge in [0.05, 0.1) is 18.1 Å². The summed E-state index contributed by atoms with van der Waals surface area (Å²) in [5.74, 6) is 0.404. The van der Waals surface area contributed by atoms with Crippen molar-refractivity contribution in [2.75, 3.05) is 7.11 Å². The van der Waals surface area contributed by atoms with Crippen molar-refractivity contribution in [2.45, 2.75) is 25.9 Å². The van der Waals surface area contributed by atoms with Crippen LogP contribution in [0.3, 0.4) is 0 Å². The Morgan fingerprint density at radius 2 is 2.22 bits per heavy atom. The molecule has 1 heterocycles. The molecule has 0 saturated heterocycles. The lowest BCUT2D eigenvalue weighted by atomic mass is 10.2. The number of nitrogens with zero attached hydrogens (tertiary/aromatic N) is 2. The molecule has 2 aromatic rings. The molecule has 0 radical (unpaired) electrons. The number of fused-ring (bicyclic) bond motifs is 1. The fourth-order valence-corrected chi connectivity index (χ4v) is 2.07. The standard InChI is InChI=1S/C13H17N3O2/c1-3-16-11-7-5-4-6-10(11)15-12(16)8-9(14)13(17)18-2/h4-7,9H,3,8,14H2,1-2H3. The van der Waals surface area contributed by atoms with Gasteiger partial charge >= 0.3 is 5.97 Å². The summed E-state index contributed by atoms with van der Waals surface area (Å²) in [6.45, 7) is 2.84. The number of hydrogen-bond acceptors (Lipinski definition) is 4. The van der Waals surface area contributed by atoms with Gasteiger partial charge in [0.15, 0.2) is 0 Å². The first-order chi connectivity index (χ1) is 8.67. The summed E-state index contributed by atoms with van der Waals surface area (Å²) in [6.07, 6.45) is 0.384. The zero-order valence-electron chi connectivity index (χ0n) is 10.6. The Balaban J connectivity index is 2.35. The summed E-state index contributed by atoms with van der Waals surface area (Å²) in [6, 6.07) is 7.21. The lowest BCUT2D eigenvalue weighted by Gasteiger charge is -2.10. The Bertz CT molecular complexity index is 562. The molecule has 0 saturated carbocycles. The monoisotopic (exact) mass is 247 g/mol. The minimum Gasteiger partial charge on any atom is -0.468 e. The van der Waals surface area contributed by atoms with Gasteiger partial charge in [0.2, 0.25) is 0 Å². The predicted molar refractivity (Wildman–Crippen MR) is 69.1 cm³/mol. The van der Waals surface area contributed by atoms with Gasteiger partial charge in [0.1, 0.15) is 11.9 Å². The number of esters is 1. The molecule has 1 aromatic carbocycles. The molecule has 0 amide bonds. The summed E-state index contributed by atoms with van der Waals surface area (Å²) < 4.78 is 6.70. The van der Waals surface area contributed by atoms with Crippen LogP contribution >= 0.6 is 0 Å². The normalized spacial score (nSPS) is 12.6. The summed E-state index contributed by atoms with van der Waals surface area (Å²) in [5.41, 5.74) is 7.76. The Hall–Kier alpha value is -1.88. The molecule has 0 aliphatic heterocycles. The number of para-hydroxylation sites is 2. The summed E-state index contributed by atoms with van der Waals surface area (Å²) in [7, 11) is 1.34. The van der Waals surface area contributed by atoms with Gasteiger partial charge in [-0.15, -0.1) is 0 Å². The van der Waals surface area contributed by atoms with E-state index in [1.54, 1.807) is 0 Å². The van der Waals surface area contributed by atoms with Crippen LogP contribution in [0.5, 0.6) is 0 Å². The van der Waals surface area contributed by atoms with Crippen LogP contribution in [0.1, 0.15) is 12.7 Å². The van der Waals surface area contributed by atoms with Crippen LogP contribution in [0.2, 0.25) is 0 Å². The van der Waals surface area contributed by atoms with E-state index in [0.29, 0.717) is 6.42 Å². The summed E-state index contributed by atoms with van der Waals surface area (Å²) in [5, 5.41) is 0. The van der Waals surface area contributed by atoms with E-state index in [2.05, 4.69) is 14.3 Å². The third kappa shape index (κ3) is 2.22. The van der Waals surface area contributed by atoms with Crippen LogP contribution in [0.25, 0.3) is 11.0 Å². The van der Waals surface area contributed by atoms with Gasteiger partial charge in [-0.2, -0.15) is 0 Å². The van der Waals surface area contributed by atoms with Crippen LogP contribution in [-0.4, -0.2) is 28.7 Å². The Morgan fingerprint density at radius 3 is 2.89 bits per heavy atom. The van der Waals surface area contributed by atoms with Crippen molar-refractivity contribution < 1.29 is 9.53 Å². The molecule has 1 aromatic heterocycles. The van der Waals surface area contributed by atoms with Crippen LogP contribution in [0.4, 0.5) is 0 Å². The molecular formula is C13H17N3O2. The number of methoxy groups -OCH3 is 1. The number of imidazole rings is 1. The number of benzene rings is 1. The maximum atomic E-state index is 11.3. The second kappa shape index (κ2) is 5.18. The summed E-state index contributed by atoms with van der Waals surface area (Å²) in [4.78, 5) is 15.9. The van der Waals surface area contributed by atoms with Crippen molar-refractivity contribution in [1.29, 1.82) is 0 Å². The third-order valence-electron chi connectivity index (χ3n) is 2.96. The molecule has 0 aliphatic carbocycles. The van der Waals surface area contributed by atoms with E-state index >= 15 is 0 Å². The smallest absolute Gasteiger partial charge is 0.323 e. The highest BCUT2D eigenvalue weighted by Gasteiger charge is 2.18. The quantitative estimate of drug-likeness (QED) is 0.821. The van der Waals surface area contributed by atoms with E-state index in [1.807, 2.05) is 31.2 Å². The van der Waals surface area contributed by atoms with E-state index in [-0.39, 0.29) is 0 Å². The van der Waals surface area contributed by atoms with Crippen molar-refractivity contribution in [1.82, 2.24) is 9.55 Å². The van der Waals surface area contributed by atoms with Gasteiger partial charge in [-0.05, 0) is 19.1 Å². The van der Waals surface area contributed by atoms with Crippen molar-refractivity contribution >= 4 is 17.0 Å². The zero-order valence-corrected chi connectivity index (χ0v) is 10.6. The van der Waals surface area contributed by atoms with E-state index in [0.717, 1.165) is 23.4 Å². The third-order valence-corrected chi connectivity index (χ3v) is 2.96. The fraction of sp³-hybridized carbons (Fsp3) is 0.385. The number of carbonyl (C=O) groups excluding carboxylic acids is 1. The first-order valence-corrected chi connectivity index (χ1v) is 5.95. The summed E-state index contributed by atoms with van der Waals surface area (Å²) >= 11 is 0. The highest BCUT2D eigenvalue weighted by atomic mass is 16.5. The molecule has 18 heavy (non-hydrogen) atoms. The Kier molecular flexibility index (Phi) is 3.62. The topological polar surface area (TPSA) is 70.1 Å². The molecular weight excluding hydrogens is 230 g/mol. The van der Waals surface area contributed by atoms with Crippen LogP contribution in [-0.2, 0) is 22.5 Å². The minimum absolute atomic E-state index is 0.384. The van der Waals surface area contributed by atoms with Crippen molar-refractivity contribution in [3.63, 3.8) is 0 Å². The number of nitrogens with two attached hydrogens (primary N) is 1. The number of hydrogen-bond donors (Lipinski definition) is 1. The first-order valence-electron chi connectivity index (χ1n) is 5.95. The van der Waals surface area contributed by atoms with Crippen LogP contribution < -0.4 is 5.73 Å². The zero-order chi connectivity index (χ0) is 13.1. The minimum atomic E-state index is -0.669. The number of rotatable bonds is 4. The van der Waals surface area contributed by atoms with Gasteiger partial charge in [-0.25, -0.2) is 4.98 Å². The average molecular weight is 247 g/mol.